The Labute approximate surface area is 231 Å². The maximum absolute atomic E-state index is 12.4. The fraction of sp³-hybridized carbons (Fsp3) is 0.333. The molecule has 0 aliphatic carbocycles. The number of halogens is 3. The first kappa shape index (κ1) is 30.5. The molecule has 10 heteroatoms. The lowest BCUT2D eigenvalue weighted by molar-refractivity contribution is -0.274. The number of carboxylic acid groups (broad SMARTS) is 1. The molecule has 0 radical (unpaired) electrons. The van der Waals surface area contributed by atoms with Crippen molar-refractivity contribution in [3.63, 3.8) is 0 Å². The number of benzene rings is 3. The van der Waals surface area contributed by atoms with Gasteiger partial charge in [-0.3, -0.25) is 9.59 Å². The van der Waals surface area contributed by atoms with Gasteiger partial charge in [-0.05, 0) is 65.4 Å². The summed E-state index contributed by atoms with van der Waals surface area (Å²) in [6.07, 6.45) is -4.23. The molecule has 0 saturated heterocycles. The van der Waals surface area contributed by atoms with Gasteiger partial charge in [0.15, 0.2) is 0 Å². The molecule has 0 spiro atoms. The van der Waals surface area contributed by atoms with E-state index in [2.05, 4.69) is 29.2 Å². The highest BCUT2D eigenvalue weighted by atomic mass is 19.4. The monoisotopic (exact) mass is 558 g/mol. The average Bonchev–Trinajstić information content (AvgIpc) is 2.88. The number of anilines is 1. The van der Waals surface area contributed by atoms with Crippen LogP contribution in [-0.2, 0) is 16.0 Å². The van der Waals surface area contributed by atoms with Crippen molar-refractivity contribution in [1.29, 1.82) is 0 Å². The van der Waals surface area contributed by atoms with Gasteiger partial charge in [-0.15, -0.1) is 13.2 Å². The molecule has 1 atom stereocenters. The van der Waals surface area contributed by atoms with Crippen molar-refractivity contribution < 1.29 is 37.3 Å². The summed E-state index contributed by atoms with van der Waals surface area (Å²) >= 11 is 0. The van der Waals surface area contributed by atoms with Gasteiger partial charge < -0.3 is 25.2 Å². The van der Waals surface area contributed by atoms with E-state index in [4.69, 9.17) is 9.84 Å². The molecule has 0 aliphatic rings. The van der Waals surface area contributed by atoms with Crippen LogP contribution in [0, 0.1) is 5.92 Å². The largest absolute Gasteiger partial charge is 0.573 e. The van der Waals surface area contributed by atoms with E-state index < -0.39 is 12.3 Å². The number of ether oxygens (including phenoxy) is 2. The van der Waals surface area contributed by atoms with Crippen LogP contribution in [0.3, 0.4) is 0 Å². The molecular formula is C30H33F3N2O5. The van der Waals surface area contributed by atoms with Gasteiger partial charge in [0.1, 0.15) is 5.75 Å². The van der Waals surface area contributed by atoms with Crippen molar-refractivity contribution in [3.05, 3.63) is 83.9 Å². The Kier molecular flexibility index (Phi) is 11.0. The van der Waals surface area contributed by atoms with Crippen LogP contribution < -0.4 is 15.4 Å². The van der Waals surface area contributed by atoms with Crippen molar-refractivity contribution in [2.45, 2.75) is 39.1 Å². The van der Waals surface area contributed by atoms with E-state index in [9.17, 15) is 22.8 Å². The number of amides is 1. The molecule has 3 N–H and O–H groups in total. The second-order valence-corrected chi connectivity index (χ2v) is 9.72. The normalized spacial score (nSPS) is 12.2. The number of nitrogens with one attached hydrogen (secondary N) is 2. The summed E-state index contributed by atoms with van der Waals surface area (Å²) in [5.41, 5.74) is 3.90. The van der Waals surface area contributed by atoms with E-state index in [-0.39, 0.29) is 30.7 Å². The summed E-state index contributed by atoms with van der Waals surface area (Å²) in [7, 11) is 0. The number of carbonyl (C=O) groups excluding carboxylic acids is 1. The fourth-order valence-corrected chi connectivity index (χ4v) is 3.90. The Morgan fingerprint density at radius 2 is 1.48 bits per heavy atom. The number of carbonyl (C=O) groups is 2. The first-order valence-electron chi connectivity index (χ1n) is 12.9. The number of aliphatic carboxylic acids is 1. The molecule has 3 aromatic rings. The van der Waals surface area contributed by atoms with Crippen molar-refractivity contribution in [3.8, 4) is 16.9 Å². The van der Waals surface area contributed by atoms with E-state index >= 15 is 0 Å². The van der Waals surface area contributed by atoms with Gasteiger partial charge in [0, 0.05) is 24.4 Å². The highest BCUT2D eigenvalue weighted by Gasteiger charge is 2.31. The van der Waals surface area contributed by atoms with E-state index in [0.717, 1.165) is 22.4 Å². The quantitative estimate of drug-likeness (QED) is 0.220. The molecule has 0 aromatic heterocycles. The Bertz CT molecular complexity index is 1230. The van der Waals surface area contributed by atoms with Gasteiger partial charge in [-0.1, -0.05) is 50.2 Å². The minimum atomic E-state index is -4.73. The van der Waals surface area contributed by atoms with Gasteiger partial charge >= 0.3 is 12.3 Å². The van der Waals surface area contributed by atoms with Crippen LogP contribution in [0.1, 0.15) is 36.2 Å². The maximum Gasteiger partial charge on any atom is 0.573 e. The highest BCUT2D eigenvalue weighted by molar-refractivity contribution is 5.94. The maximum atomic E-state index is 12.4. The van der Waals surface area contributed by atoms with Crippen LogP contribution in [0.2, 0.25) is 0 Å². The van der Waals surface area contributed by atoms with Gasteiger partial charge in [0.2, 0.25) is 0 Å². The van der Waals surface area contributed by atoms with Gasteiger partial charge in [-0.25, -0.2) is 0 Å². The summed E-state index contributed by atoms with van der Waals surface area (Å²) in [6.45, 7) is 5.27. The molecule has 3 rings (SSSR count). The zero-order chi connectivity index (χ0) is 29.1. The van der Waals surface area contributed by atoms with Crippen LogP contribution in [0.25, 0.3) is 11.1 Å². The molecule has 0 saturated carbocycles. The second kappa shape index (κ2) is 14.4. The Balaban J connectivity index is 1.64. The summed E-state index contributed by atoms with van der Waals surface area (Å²) < 4.78 is 47.1. The average molecular weight is 559 g/mol. The van der Waals surface area contributed by atoms with Crippen LogP contribution in [-0.4, -0.2) is 49.1 Å². The summed E-state index contributed by atoms with van der Waals surface area (Å²) in [5, 5.41) is 14.7. The van der Waals surface area contributed by atoms with Gasteiger partial charge in [0.25, 0.3) is 5.91 Å². The molecule has 40 heavy (non-hydrogen) atoms. The Morgan fingerprint density at radius 1 is 0.875 bits per heavy atom. The molecular weight excluding hydrogens is 525 g/mol. The first-order chi connectivity index (χ1) is 19.0. The topological polar surface area (TPSA) is 96.9 Å². The summed E-state index contributed by atoms with van der Waals surface area (Å²) in [5.74, 6) is -1.21. The number of hydrogen-bond acceptors (Lipinski definition) is 5. The third-order valence-corrected chi connectivity index (χ3v) is 5.77. The van der Waals surface area contributed by atoms with Crippen LogP contribution in [0.5, 0.6) is 5.75 Å². The van der Waals surface area contributed by atoms with Crippen LogP contribution in [0.15, 0.2) is 72.8 Å². The molecule has 0 bridgehead atoms. The third-order valence-electron chi connectivity index (χ3n) is 5.77. The minimum absolute atomic E-state index is 0.0556. The molecule has 0 heterocycles. The Morgan fingerprint density at radius 3 is 2.02 bits per heavy atom. The molecule has 7 nitrogen and oxygen atoms in total. The lowest BCUT2D eigenvalue weighted by atomic mass is 10.0. The highest BCUT2D eigenvalue weighted by Crippen LogP contribution is 2.27. The zero-order valence-corrected chi connectivity index (χ0v) is 22.3. The smallest absolute Gasteiger partial charge is 0.481 e. The molecule has 0 fully saturated rings. The van der Waals surface area contributed by atoms with E-state index in [1.807, 2.05) is 24.3 Å². The van der Waals surface area contributed by atoms with E-state index in [1.165, 1.54) is 12.1 Å². The lowest BCUT2D eigenvalue weighted by Crippen LogP contribution is -2.29. The van der Waals surface area contributed by atoms with Crippen molar-refractivity contribution in [1.82, 2.24) is 5.32 Å². The second-order valence-electron chi connectivity index (χ2n) is 9.72. The van der Waals surface area contributed by atoms with E-state index in [0.29, 0.717) is 31.1 Å². The SMILES string of the molecule is CC(C)COCC(Cc1ccc(-c2ccc(OC(F)(F)F)cc2)cc1)Nc1ccc(C(=O)NCCC(=O)O)cc1. The van der Waals surface area contributed by atoms with Gasteiger partial charge in [-0.2, -0.15) is 0 Å². The molecule has 214 valence electrons. The first-order valence-corrected chi connectivity index (χ1v) is 12.9. The van der Waals surface area contributed by atoms with Crippen molar-refractivity contribution in [2.24, 2.45) is 5.92 Å². The summed E-state index contributed by atoms with van der Waals surface area (Å²) in [6, 6.07) is 20.3. The van der Waals surface area contributed by atoms with Crippen molar-refractivity contribution >= 4 is 17.6 Å². The Hall–Kier alpha value is -4.05. The molecule has 0 aliphatic heterocycles. The molecule has 1 amide bonds. The van der Waals surface area contributed by atoms with Crippen molar-refractivity contribution in [2.75, 3.05) is 25.1 Å². The predicted molar refractivity (Wildman–Crippen MR) is 146 cm³/mol. The number of hydrogen-bond donors (Lipinski definition) is 3. The zero-order valence-electron chi connectivity index (χ0n) is 22.3. The third kappa shape index (κ3) is 10.6. The predicted octanol–water partition coefficient (Wildman–Crippen LogP) is 6.15. The summed E-state index contributed by atoms with van der Waals surface area (Å²) in [4.78, 5) is 22.8. The van der Waals surface area contributed by atoms with E-state index in [1.54, 1.807) is 36.4 Å². The lowest BCUT2D eigenvalue weighted by Gasteiger charge is -2.21. The molecule has 3 aromatic carbocycles. The van der Waals surface area contributed by atoms with Crippen LogP contribution >= 0.6 is 0 Å². The minimum Gasteiger partial charge on any atom is -0.481 e. The molecule has 1 unspecified atom stereocenters. The fourth-order valence-electron chi connectivity index (χ4n) is 3.90. The number of alkyl halides is 3. The van der Waals surface area contributed by atoms with Crippen LogP contribution in [0.4, 0.5) is 18.9 Å². The standard InChI is InChI=1S/C30H33F3N2O5/c1-20(2)18-39-19-26(35-25-11-7-24(8-12-25)29(38)34-16-15-28(36)37)17-21-3-5-22(6-4-21)23-9-13-27(14-10-23)40-30(31,32)33/h3-14,20,26,35H,15-19H2,1-2H3,(H,34,38)(H,36,37). The number of rotatable bonds is 14. The number of carboxylic acids is 1. The van der Waals surface area contributed by atoms with Gasteiger partial charge in [0.05, 0.1) is 19.1 Å².